The van der Waals surface area contributed by atoms with E-state index >= 15 is 0 Å². The smallest absolute Gasteiger partial charge is 0.296 e. The van der Waals surface area contributed by atoms with Crippen LogP contribution in [0, 0.1) is 0 Å². The fraction of sp³-hybridized carbons (Fsp3) is 0.100. The average Bonchev–Trinajstić information content (AvgIpc) is 2.72. The minimum atomic E-state index is -4.23. The molecule has 5 nitrogen and oxygen atoms in total. The summed E-state index contributed by atoms with van der Waals surface area (Å²) < 4.78 is 31.8. The molecule has 96 valence electrons. The molecule has 0 unspecified atom stereocenters. The van der Waals surface area contributed by atoms with Crippen molar-refractivity contribution in [2.75, 3.05) is 5.32 Å². The molecule has 1 aromatic heterocycles. The summed E-state index contributed by atoms with van der Waals surface area (Å²) >= 11 is 6.99. The summed E-state index contributed by atoms with van der Waals surface area (Å²) in [7, 11) is -4.23. The van der Waals surface area contributed by atoms with Crippen molar-refractivity contribution in [2.24, 2.45) is 0 Å². The normalized spacial score (nSPS) is 11.4. The van der Waals surface area contributed by atoms with Gasteiger partial charge in [-0.15, -0.1) is 11.3 Å². The summed E-state index contributed by atoms with van der Waals surface area (Å²) in [5.41, 5.74) is 0.338. The molecule has 0 atom stereocenters. The molecule has 0 aliphatic rings. The first-order valence-electron chi connectivity index (χ1n) is 4.87. The Kier molecular flexibility index (Phi) is 3.86. The number of hydrogen-bond donors (Lipinski definition) is 2. The molecule has 0 radical (unpaired) electrons. The largest absolute Gasteiger partial charge is 0.379 e. The van der Waals surface area contributed by atoms with Crippen molar-refractivity contribution in [3.05, 3.63) is 39.8 Å². The molecule has 0 aliphatic heterocycles. The van der Waals surface area contributed by atoms with Crippen molar-refractivity contribution in [1.29, 1.82) is 0 Å². The van der Waals surface area contributed by atoms with Gasteiger partial charge in [0, 0.05) is 11.1 Å². The quantitative estimate of drug-likeness (QED) is 0.849. The van der Waals surface area contributed by atoms with Gasteiger partial charge in [0.1, 0.15) is 4.90 Å². The van der Waals surface area contributed by atoms with Gasteiger partial charge in [-0.1, -0.05) is 23.7 Å². The van der Waals surface area contributed by atoms with E-state index in [-0.39, 0.29) is 4.90 Å². The van der Waals surface area contributed by atoms with Gasteiger partial charge in [-0.3, -0.25) is 4.55 Å². The fourth-order valence-corrected chi connectivity index (χ4v) is 2.97. The van der Waals surface area contributed by atoms with E-state index < -0.39 is 10.1 Å². The predicted molar refractivity (Wildman–Crippen MR) is 70.7 cm³/mol. The SMILES string of the molecule is O=S(=O)(O)c1ccccc1NCc1cnc(Cl)s1. The van der Waals surface area contributed by atoms with E-state index in [0.29, 0.717) is 16.7 Å². The van der Waals surface area contributed by atoms with Crippen LogP contribution in [0.15, 0.2) is 35.4 Å². The highest BCUT2D eigenvalue weighted by Crippen LogP contribution is 2.23. The van der Waals surface area contributed by atoms with Gasteiger partial charge >= 0.3 is 0 Å². The summed E-state index contributed by atoms with van der Waals surface area (Å²) in [5, 5.41) is 2.92. The van der Waals surface area contributed by atoms with Gasteiger partial charge in [0.15, 0.2) is 4.47 Å². The van der Waals surface area contributed by atoms with Crippen LogP contribution in [-0.4, -0.2) is 18.0 Å². The number of nitrogens with zero attached hydrogens (tertiary/aromatic N) is 1. The van der Waals surface area contributed by atoms with Crippen LogP contribution >= 0.6 is 22.9 Å². The van der Waals surface area contributed by atoms with Crippen LogP contribution < -0.4 is 5.32 Å². The number of thiazole rings is 1. The second-order valence-corrected chi connectivity index (χ2v) is 6.49. The molecule has 0 saturated heterocycles. The molecule has 0 amide bonds. The maximum absolute atomic E-state index is 11.2. The molecule has 2 N–H and O–H groups in total. The molecule has 1 aromatic carbocycles. The average molecular weight is 305 g/mol. The Morgan fingerprint density at radius 2 is 2.11 bits per heavy atom. The second kappa shape index (κ2) is 5.23. The number of rotatable bonds is 4. The zero-order valence-electron chi connectivity index (χ0n) is 9.00. The molecule has 2 aromatic rings. The number of anilines is 1. The lowest BCUT2D eigenvalue weighted by Gasteiger charge is -2.08. The van der Waals surface area contributed by atoms with Gasteiger partial charge in [0.05, 0.1) is 12.2 Å². The maximum atomic E-state index is 11.2. The van der Waals surface area contributed by atoms with E-state index in [1.807, 2.05) is 0 Å². The highest BCUT2D eigenvalue weighted by atomic mass is 35.5. The van der Waals surface area contributed by atoms with Gasteiger partial charge in [-0.25, -0.2) is 4.98 Å². The van der Waals surface area contributed by atoms with Crippen LogP contribution in [0.2, 0.25) is 4.47 Å². The third-order valence-corrected chi connectivity index (χ3v) is 4.17. The van der Waals surface area contributed by atoms with Crippen LogP contribution in [-0.2, 0) is 16.7 Å². The number of hydrogen-bond acceptors (Lipinski definition) is 5. The highest BCUT2D eigenvalue weighted by Gasteiger charge is 2.14. The topological polar surface area (TPSA) is 79.3 Å². The Morgan fingerprint density at radius 3 is 2.72 bits per heavy atom. The summed E-state index contributed by atoms with van der Waals surface area (Å²) in [6.07, 6.45) is 1.61. The number of aromatic nitrogens is 1. The van der Waals surface area contributed by atoms with E-state index in [2.05, 4.69) is 10.3 Å². The monoisotopic (exact) mass is 304 g/mol. The van der Waals surface area contributed by atoms with E-state index in [9.17, 15) is 8.42 Å². The predicted octanol–water partition coefficient (Wildman–Crippen LogP) is 2.66. The van der Waals surface area contributed by atoms with Gasteiger partial charge in [-0.05, 0) is 12.1 Å². The van der Waals surface area contributed by atoms with Gasteiger partial charge < -0.3 is 5.32 Å². The number of para-hydroxylation sites is 1. The van der Waals surface area contributed by atoms with Crippen LogP contribution in [0.5, 0.6) is 0 Å². The fourth-order valence-electron chi connectivity index (χ4n) is 1.39. The molecule has 18 heavy (non-hydrogen) atoms. The lowest BCUT2D eigenvalue weighted by atomic mass is 10.3. The molecule has 0 aliphatic carbocycles. The van der Waals surface area contributed by atoms with Crippen LogP contribution in [0.25, 0.3) is 0 Å². The van der Waals surface area contributed by atoms with Crippen LogP contribution in [0.1, 0.15) is 4.88 Å². The zero-order valence-corrected chi connectivity index (χ0v) is 11.4. The van der Waals surface area contributed by atoms with E-state index in [0.717, 1.165) is 4.88 Å². The summed E-state index contributed by atoms with van der Waals surface area (Å²) in [5.74, 6) is 0. The Morgan fingerprint density at radius 1 is 1.39 bits per heavy atom. The summed E-state index contributed by atoms with van der Waals surface area (Å²) in [6.45, 7) is 0.386. The summed E-state index contributed by atoms with van der Waals surface area (Å²) in [4.78, 5) is 4.59. The lowest BCUT2D eigenvalue weighted by molar-refractivity contribution is 0.483. The molecule has 2 rings (SSSR count). The Bertz CT molecular complexity index is 655. The molecule has 1 heterocycles. The second-order valence-electron chi connectivity index (χ2n) is 3.40. The van der Waals surface area contributed by atoms with Crippen LogP contribution in [0.4, 0.5) is 5.69 Å². The first-order valence-corrected chi connectivity index (χ1v) is 7.51. The van der Waals surface area contributed by atoms with Gasteiger partial charge in [0.25, 0.3) is 10.1 Å². The van der Waals surface area contributed by atoms with Gasteiger partial charge in [-0.2, -0.15) is 8.42 Å². The zero-order chi connectivity index (χ0) is 13.2. The van der Waals surface area contributed by atoms with Crippen molar-refractivity contribution < 1.29 is 13.0 Å². The van der Waals surface area contributed by atoms with Crippen LogP contribution in [0.3, 0.4) is 0 Å². The van der Waals surface area contributed by atoms with Crippen molar-refractivity contribution in [3.8, 4) is 0 Å². The lowest BCUT2D eigenvalue weighted by Crippen LogP contribution is -2.05. The summed E-state index contributed by atoms with van der Waals surface area (Å²) in [6, 6.07) is 6.12. The Hall–Kier alpha value is -1.15. The van der Waals surface area contributed by atoms with Crippen molar-refractivity contribution in [1.82, 2.24) is 4.98 Å². The first kappa shape index (κ1) is 13.3. The van der Waals surface area contributed by atoms with E-state index in [1.165, 1.54) is 23.5 Å². The molecular formula is C10H9ClN2O3S2. The Balaban J connectivity index is 2.20. The molecular weight excluding hydrogens is 296 g/mol. The van der Waals surface area contributed by atoms with Crippen molar-refractivity contribution >= 4 is 38.7 Å². The number of benzene rings is 1. The van der Waals surface area contributed by atoms with E-state index in [1.54, 1.807) is 18.3 Å². The minimum Gasteiger partial charge on any atom is -0.379 e. The van der Waals surface area contributed by atoms with Crippen molar-refractivity contribution in [2.45, 2.75) is 11.4 Å². The number of halogens is 1. The minimum absolute atomic E-state index is 0.152. The molecule has 0 fully saturated rings. The van der Waals surface area contributed by atoms with Gasteiger partial charge in [0.2, 0.25) is 0 Å². The molecule has 0 saturated carbocycles. The standard InChI is InChI=1S/C10H9ClN2O3S2/c11-10-13-6-7(17-10)5-12-8-3-1-2-4-9(8)18(14,15)16/h1-4,6,12H,5H2,(H,14,15,16). The third kappa shape index (κ3) is 3.20. The number of nitrogens with one attached hydrogen (secondary N) is 1. The molecule has 0 spiro atoms. The molecule has 8 heteroatoms. The van der Waals surface area contributed by atoms with Crippen molar-refractivity contribution in [3.63, 3.8) is 0 Å². The maximum Gasteiger partial charge on any atom is 0.296 e. The third-order valence-electron chi connectivity index (χ3n) is 2.14. The first-order chi connectivity index (χ1) is 8.47. The molecule has 0 bridgehead atoms. The highest BCUT2D eigenvalue weighted by molar-refractivity contribution is 7.86. The van der Waals surface area contributed by atoms with E-state index in [4.69, 9.17) is 16.2 Å². The Labute approximate surface area is 113 Å².